The van der Waals surface area contributed by atoms with Crippen molar-refractivity contribution in [2.24, 2.45) is 0 Å². The highest BCUT2D eigenvalue weighted by Crippen LogP contribution is 2.20. The molecule has 0 saturated carbocycles. The normalized spacial score (nSPS) is 19.0. The SMILES string of the molecule is COCc1ccc(C(=O)N2CCN(Cc3ccccc3)C[C@H](O)C2)s1. The van der Waals surface area contributed by atoms with Crippen LogP contribution in [-0.2, 0) is 17.9 Å². The Hall–Kier alpha value is -1.73. The van der Waals surface area contributed by atoms with E-state index in [1.807, 2.05) is 30.3 Å². The smallest absolute Gasteiger partial charge is 0.264 e. The van der Waals surface area contributed by atoms with Gasteiger partial charge in [-0.05, 0) is 17.7 Å². The number of methoxy groups -OCH3 is 1. The average molecular weight is 360 g/mol. The number of carbonyl (C=O) groups is 1. The van der Waals surface area contributed by atoms with Crippen LogP contribution in [0.5, 0.6) is 0 Å². The van der Waals surface area contributed by atoms with Gasteiger partial charge in [-0.3, -0.25) is 9.69 Å². The number of hydrogen-bond donors (Lipinski definition) is 1. The maximum absolute atomic E-state index is 12.7. The minimum Gasteiger partial charge on any atom is -0.390 e. The lowest BCUT2D eigenvalue weighted by Gasteiger charge is -2.21. The maximum atomic E-state index is 12.7. The first-order chi connectivity index (χ1) is 12.2. The van der Waals surface area contributed by atoms with Gasteiger partial charge in [0.2, 0.25) is 0 Å². The summed E-state index contributed by atoms with van der Waals surface area (Å²) >= 11 is 1.46. The van der Waals surface area contributed by atoms with Crippen LogP contribution in [-0.4, -0.2) is 60.2 Å². The van der Waals surface area contributed by atoms with E-state index in [9.17, 15) is 9.90 Å². The predicted molar refractivity (Wildman–Crippen MR) is 98.7 cm³/mol. The Morgan fingerprint density at radius 3 is 2.76 bits per heavy atom. The van der Waals surface area contributed by atoms with Crippen LogP contribution in [0.4, 0.5) is 0 Å². The van der Waals surface area contributed by atoms with Crippen LogP contribution in [0.15, 0.2) is 42.5 Å². The number of thiophene rings is 1. The van der Waals surface area contributed by atoms with Crippen LogP contribution >= 0.6 is 11.3 Å². The second-order valence-electron chi connectivity index (χ2n) is 6.32. The third kappa shape index (κ3) is 4.89. The van der Waals surface area contributed by atoms with Crippen LogP contribution in [0.25, 0.3) is 0 Å². The first kappa shape index (κ1) is 18.1. The molecule has 134 valence electrons. The topological polar surface area (TPSA) is 53.0 Å². The Morgan fingerprint density at radius 1 is 1.20 bits per heavy atom. The van der Waals surface area contributed by atoms with Gasteiger partial charge in [0.25, 0.3) is 5.91 Å². The molecule has 1 aliphatic heterocycles. The number of amides is 1. The molecule has 0 bridgehead atoms. The Labute approximate surface area is 152 Å². The van der Waals surface area contributed by atoms with E-state index in [4.69, 9.17) is 4.74 Å². The largest absolute Gasteiger partial charge is 0.390 e. The number of hydrogen-bond acceptors (Lipinski definition) is 5. The highest BCUT2D eigenvalue weighted by molar-refractivity contribution is 7.14. The van der Waals surface area contributed by atoms with E-state index in [0.29, 0.717) is 31.1 Å². The predicted octanol–water partition coefficient (Wildman–Crippen LogP) is 2.21. The number of benzene rings is 1. The highest BCUT2D eigenvalue weighted by atomic mass is 32.1. The van der Waals surface area contributed by atoms with Crippen LogP contribution in [0.2, 0.25) is 0 Å². The second kappa shape index (κ2) is 8.58. The summed E-state index contributed by atoms with van der Waals surface area (Å²) in [5, 5.41) is 10.3. The van der Waals surface area contributed by atoms with Crippen molar-refractivity contribution in [2.75, 3.05) is 33.3 Å². The van der Waals surface area contributed by atoms with Gasteiger partial charge in [0.05, 0.1) is 17.6 Å². The molecule has 1 saturated heterocycles. The minimum atomic E-state index is -0.534. The van der Waals surface area contributed by atoms with Gasteiger partial charge in [0.1, 0.15) is 0 Å². The molecule has 25 heavy (non-hydrogen) atoms. The van der Waals surface area contributed by atoms with Crippen LogP contribution in [0.3, 0.4) is 0 Å². The number of ether oxygens (including phenoxy) is 1. The summed E-state index contributed by atoms with van der Waals surface area (Å²) in [6.07, 6.45) is -0.534. The van der Waals surface area contributed by atoms with Crippen molar-refractivity contribution in [3.05, 3.63) is 57.8 Å². The molecule has 5 nitrogen and oxygen atoms in total. The fourth-order valence-corrected chi connectivity index (χ4v) is 4.04. The zero-order valence-electron chi connectivity index (χ0n) is 14.4. The monoisotopic (exact) mass is 360 g/mol. The van der Waals surface area contributed by atoms with Crippen molar-refractivity contribution in [3.8, 4) is 0 Å². The van der Waals surface area contributed by atoms with Gasteiger partial charge < -0.3 is 14.7 Å². The van der Waals surface area contributed by atoms with Gasteiger partial charge in [0, 0.05) is 44.7 Å². The zero-order valence-corrected chi connectivity index (χ0v) is 15.2. The first-order valence-electron chi connectivity index (χ1n) is 8.47. The third-order valence-corrected chi connectivity index (χ3v) is 5.33. The summed E-state index contributed by atoms with van der Waals surface area (Å²) in [6, 6.07) is 14.0. The molecule has 3 rings (SSSR count). The van der Waals surface area contributed by atoms with Gasteiger partial charge >= 0.3 is 0 Å². The number of aliphatic hydroxyl groups excluding tert-OH is 1. The summed E-state index contributed by atoms with van der Waals surface area (Å²) in [5.74, 6) is -0.00651. The Balaban J connectivity index is 1.62. The summed E-state index contributed by atoms with van der Waals surface area (Å²) in [4.78, 5) is 18.5. The molecular weight excluding hydrogens is 336 g/mol. The van der Waals surface area contributed by atoms with E-state index in [0.717, 1.165) is 18.0 Å². The molecule has 1 aromatic carbocycles. The van der Waals surface area contributed by atoms with Gasteiger partial charge in [0.15, 0.2) is 0 Å². The lowest BCUT2D eigenvalue weighted by Crippen LogP contribution is -2.37. The van der Waals surface area contributed by atoms with E-state index in [-0.39, 0.29) is 5.91 Å². The summed E-state index contributed by atoms with van der Waals surface area (Å²) in [5.41, 5.74) is 1.22. The van der Waals surface area contributed by atoms with Crippen molar-refractivity contribution in [1.29, 1.82) is 0 Å². The lowest BCUT2D eigenvalue weighted by molar-refractivity contribution is 0.0667. The Bertz CT molecular complexity index is 689. The Kier molecular flexibility index (Phi) is 6.20. The molecule has 0 unspecified atom stereocenters. The molecule has 2 aromatic rings. The van der Waals surface area contributed by atoms with Crippen molar-refractivity contribution in [2.45, 2.75) is 19.3 Å². The molecule has 0 radical (unpaired) electrons. The van der Waals surface area contributed by atoms with Crippen LogP contribution in [0, 0.1) is 0 Å². The molecule has 6 heteroatoms. The molecular formula is C19H24N2O3S. The minimum absolute atomic E-state index is 0.00651. The first-order valence-corrected chi connectivity index (χ1v) is 9.28. The molecule has 1 fully saturated rings. The molecule has 0 spiro atoms. The highest BCUT2D eigenvalue weighted by Gasteiger charge is 2.26. The van der Waals surface area contributed by atoms with Crippen molar-refractivity contribution in [1.82, 2.24) is 9.80 Å². The van der Waals surface area contributed by atoms with Crippen molar-refractivity contribution >= 4 is 17.2 Å². The van der Waals surface area contributed by atoms with Crippen molar-refractivity contribution < 1.29 is 14.6 Å². The van der Waals surface area contributed by atoms with Crippen LogP contribution < -0.4 is 0 Å². The number of carbonyl (C=O) groups excluding carboxylic acids is 1. The number of nitrogens with zero attached hydrogens (tertiary/aromatic N) is 2. The molecule has 1 N–H and O–H groups in total. The lowest BCUT2D eigenvalue weighted by atomic mass is 10.2. The zero-order chi connectivity index (χ0) is 17.6. The molecule has 0 aliphatic carbocycles. The van der Waals surface area contributed by atoms with Crippen molar-refractivity contribution in [3.63, 3.8) is 0 Å². The summed E-state index contributed by atoms with van der Waals surface area (Å²) < 4.78 is 5.11. The molecule has 1 atom stereocenters. The molecule has 1 aliphatic rings. The fraction of sp³-hybridized carbons (Fsp3) is 0.421. The van der Waals surface area contributed by atoms with Crippen LogP contribution in [0.1, 0.15) is 20.1 Å². The van der Waals surface area contributed by atoms with Gasteiger partial charge in [-0.15, -0.1) is 11.3 Å². The molecule has 1 aromatic heterocycles. The number of rotatable bonds is 5. The standard InChI is InChI=1S/C19H24N2O3S/c1-24-14-17-7-8-18(25-17)19(23)21-10-9-20(12-16(22)13-21)11-15-5-3-2-4-6-15/h2-8,16,22H,9-14H2,1H3/t16-/m0/s1. The summed E-state index contributed by atoms with van der Waals surface area (Å²) in [7, 11) is 1.65. The van der Waals surface area contributed by atoms with Gasteiger partial charge in [-0.25, -0.2) is 0 Å². The number of aliphatic hydroxyl groups is 1. The van der Waals surface area contributed by atoms with E-state index >= 15 is 0 Å². The number of β-amino-alcohol motifs (C(OH)–C–C–N with tert-alkyl or cyclic N) is 1. The quantitative estimate of drug-likeness (QED) is 0.888. The Morgan fingerprint density at radius 2 is 2.00 bits per heavy atom. The fourth-order valence-electron chi connectivity index (χ4n) is 3.09. The summed E-state index contributed by atoms with van der Waals surface area (Å²) in [6.45, 7) is 3.65. The molecule has 1 amide bonds. The van der Waals surface area contributed by atoms with Gasteiger partial charge in [-0.2, -0.15) is 0 Å². The average Bonchev–Trinajstić information content (AvgIpc) is 2.99. The second-order valence-corrected chi connectivity index (χ2v) is 7.49. The van der Waals surface area contributed by atoms with E-state index in [1.165, 1.54) is 16.9 Å². The third-order valence-electron chi connectivity index (χ3n) is 4.28. The van der Waals surface area contributed by atoms with Gasteiger partial charge in [-0.1, -0.05) is 30.3 Å². The molecule has 2 heterocycles. The maximum Gasteiger partial charge on any atom is 0.264 e. The van der Waals surface area contributed by atoms with E-state index in [1.54, 1.807) is 12.0 Å². The van der Waals surface area contributed by atoms with E-state index < -0.39 is 6.10 Å². The van der Waals surface area contributed by atoms with E-state index in [2.05, 4.69) is 17.0 Å².